The van der Waals surface area contributed by atoms with E-state index < -0.39 is 0 Å². The van der Waals surface area contributed by atoms with E-state index in [0.717, 1.165) is 13.0 Å². The highest BCUT2D eigenvalue weighted by Crippen LogP contribution is 2.24. The van der Waals surface area contributed by atoms with Gasteiger partial charge in [0.15, 0.2) is 0 Å². The molecule has 2 nitrogen and oxygen atoms in total. The molecule has 9 heavy (non-hydrogen) atoms. The van der Waals surface area contributed by atoms with E-state index in [2.05, 4.69) is 5.32 Å². The lowest BCUT2D eigenvalue weighted by atomic mass is 10.1. The van der Waals surface area contributed by atoms with Crippen LogP contribution in [0.2, 0.25) is 0 Å². The molecule has 0 spiro atoms. The fourth-order valence-corrected chi connectivity index (χ4v) is 1.52. The Bertz CT molecular complexity index is 85.0. The second-order valence-electron chi connectivity index (χ2n) is 2.82. The lowest BCUT2D eigenvalue weighted by Gasteiger charge is -2.12. The smallest absolute Gasteiger partial charge is 0.0580 e. The Labute approximate surface area is 56.3 Å². The maximum atomic E-state index is 9.28. The van der Waals surface area contributed by atoms with Crippen LogP contribution in [0.4, 0.5) is 0 Å². The third-order valence-electron chi connectivity index (χ3n) is 2.09. The zero-order chi connectivity index (χ0) is 6.69. The number of hydrogen-bond donors (Lipinski definition) is 2. The van der Waals surface area contributed by atoms with Gasteiger partial charge in [-0.3, -0.25) is 0 Å². The fraction of sp³-hybridized carbons (Fsp3) is 1.00. The summed E-state index contributed by atoms with van der Waals surface area (Å²) in [5.41, 5.74) is 0. The maximum Gasteiger partial charge on any atom is 0.0580 e. The van der Waals surface area contributed by atoms with Crippen molar-refractivity contribution in [2.24, 2.45) is 5.92 Å². The van der Waals surface area contributed by atoms with Crippen molar-refractivity contribution in [1.29, 1.82) is 0 Å². The van der Waals surface area contributed by atoms with E-state index in [0.29, 0.717) is 5.92 Å². The van der Waals surface area contributed by atoms with E-state index in [4.69, 9.17) is 0 Å². The average molecular weight is 129 g/mol. The summed E-state index contributed by atoms with van der Waals surface area (Å²) in [6.45, 7) is 0.973. The summed E-state index contributed by atoms with van der Waals surface area (Å²) in [5.74, 6) is 0.523. The molecular weight excluding hydrogens is 114 g/mol. The predicted octanol–water partition coefficient (Wildman–Crippen LogP) is 0.367. The van der Waals surface area contributed by atoms with Gasteiger partial charge in [0, 0.05) is 6.54 Å². The topological polar surface area (TPSA) is 32.3 Å². The molecule has 0 aromatic heterocycles. The van der Waals surface area contributed by atoms with E-state index >= 15 is 0 Å². The van der Waals surface area contributed by atoms with Crippen LogP contribution in [-0.4, -0.2) is 24.8 Å². The second-order valence-corrected chi connectivity index (χ2v) is 2.82. The van der Waals surface area contributed by atoms with Crippen LogP contribution in [0.15, 0.2) is 0 Å². The minimum atomic E-state index is -0.0301. The minimum absolute atomic E-state index is 0.0301. The molecule has 1 aliphatic carbocycles. The summed E-state index contributed by atoms with van der Waals surface area (Å²) in [5, 5.41) is 12.4. The van der Waals surface area contributed by atoms with Gasteiger partial charge in [-0.05, 0) is 25.8 Å². The monoisotopic (exact) mass is 129 g/mol. The Kier molecular flexibility index (Phi) is 2.49. The summed E-state index contributed by atoms with van der Waals surface area (Å²) >= 11 is 0. The Hall–Kier alpha value is -0.0800. The van der Waals surface area contributed by atoms with E-state index in [9.17, 15) is 5.11 Å². The number of nitrogens with one attached hydrogen (secondary N) is 1. The molecule has 54 valence electrons. The summed E-state index contributed by atoms with van der Waals surface area (Å²) < 4.78 is 0. The number of aliphatic hydroxyl groups is 1. The number of rotatable bonds is 2. The maximum absolute atomic E-state index is 9.28. The van der Waals surface area contributed by atoms with Crippen molar-refractivity contribution in [1.82, 2.24) is 5.32 Å². The molecule has 0 amide bonds. The van der Waals surface area contributed by atoms with Crippen molar-refractivity contribution in [2.45, 2.75) is 25.4 Å². The molecule has 1 fully saturated rings. The second kappa shape index (κ2) is 3.18. The summed E-state index contributed by atoms with van der Waals surface area (Å²) in [6, 6.07) is 0. The minimum Gasteiger partial charge on any atom is -0.393 e. The van der Waals surface area contributed by atoms with Crippen molar-refractivity contribution in [3.05, 3.63) is 0 Å². The first kappa shape index (κ1) is 7.03. The third-order valence-corrected chi connectivity index (χ3v) is 2.09. The predicted molar refractivity (Wildman–Crippen MR) is 37.3 cm³/mol. The molecule has 0 aromatic rings. The standard InChI is InChI=1S/C7H15NO/c1-8-5-6-3-2-4-7(6)9/h6-9H,2-5H2,1H3/t6-,7-/m0/s1. The summed E-state index contributed by atoms with van der Waals surface area (Å²) in [6.07, 6.45) is 3.37. The lowest BCUT2D eigenvalue weighted by Crippen LogP contribution is -2.24. The van der Waals surface area contributed by atoms with Gasteiger partial charge in [0.25, 0.3) is 0 Å². The molecule has 0 bridgehead atoms. The van der Waals surface area contributed by atoms with Gasteiger partial charge < -0.3 is 10.4 Å². The van der Waals surface area contributed by atoms with E-state index in [1.54, 1.807) is 0 Å². The van der Waals surface area contributed by atoms with Gasteiger partial charge in [-0.1, -0.05) is 6.42 Å². The van der Waals surface area contributed by atoms with Crippen molar-refractivity contribution in [2.75, 3.05) is 13.6 Å². The van der Waals surface area contributed by atoms with Crippen LogP contribution in [0.1, 0.15) is 19.3 Å². The molecule has 2 atom stereocenters. The van der Waals surface area contributed by atoms with Gasteiger partial charge in [0.1, 0.15) is 0 Å². The average Bonchev–Trinajstić information content (AvgIpc) is 2.18. The summed E-state index contributed by atoms with van der Waals surface area (Å²) in [4.78, 5) is 0. The third kappa shape index (κ3) is 1.66. The fourth-order valence-electron chi connectivity index (χ4n) is 1.52. The number of aliphatic hydroxyl groups excluding tert-OH is 1. The van der Waals surface area contributed by atoms with Crippen LogP contribution in [0.3, 0.4) is 0 Å². The van der Waals surface area contributed by atoms with Gasteiger partial charge in [-0.25, -0.2) is 0 Å². The molecule has 0 radical (unpaired) electrons. The Balaban J connectivity index is 2.22. The highest BCUT2D eigenvalue weighted by atomic mass is 16.3. The quantitative estimate of drug-likeness (QED) is 0.564. The van der Waals surface area contributed by atoms with Crippen LogP contribution >= 0.6 is 0 Å². The zero-order valence-corrected chi connectivity index (χ0v) is 5.93. The number of hydrogen-bond acceptors (Lipinski definition) is 2. The highest BCUT2D eigenvalue weighted by molar-refractivity contribution is 4.77. The van der Waals surface area contributed by atoms with Crippen LogP contribution in [0.5, 0.6) is 0 Å². The first-order valence-corrected chi connectivity index (χ1v) is 3.67. The van der Waals surface area contributed by atoms with Crippen LogP contribution in [0.25, 0.3) is 0 Å². The van der Waals surface area contributed by atoms with Crippen LogP contribution in [-0.2, 0) is 0 Å². The molecule has 1 aliphatic rings. The van der Waals surface area contributed by atoms with Gasteiger partial charge in [0.2, 0.25) is 0 Å². The van der Waals surface area contributed by atoms with Crippen LogP contribution < -0.4 is 5.32 Å². The normalized spacial score (nSPS) is 35.3. The van der Waals surface area contributed by atoms with Crippen molar-refractivity contribution in [3.63, 3.8) is 0 Å². The Morgan fingerprint density at radius 1 is 1.56 bits per heavy atom. The molecule has 1 rings (SSSR count). The zero-order valence-electron chi connectivity index (χ0n) is 5.93. The SMILES string of the molecule is CNC[C@@H]1CCC[C@@H]1O. The van der Waals surface area contributed by atoms with Gasteiger partial charge >= 0.3 is 0 Å². The molecule has 2 heteroatoms. The van der Waals surface area contributed by atoms with Gasteiger partial charge in [-0.2, -0.15) is 0 Å². The molecule has 0 saturated heterocycles. The molecule has 1 saturated carbocycles. The first-order valence-electron chi connectivity index (χ1n) is 3.67. The van der Waals surface area contributed by atoms with E-state index in [1.807, 2.05) is 7.05 Å². The molecular formula is C7H15NO. The lowest BCUT2D eigenvalue weighted by molar-refractivity contribution is 0.133. The molecule has 0 aliphatic heterocycles. The first-order chi connectivity index (χ1) is 4.34. The highest BCUT2D eigenvalue weighted by Gasteiger charge is 2.23. The van der Waals surface area contributed by atoms with Gasteiger partial charge in [-0.15, -0.1) is 0 Å². The van der Waals surface area contributed by atoms with Crippen molar-refractivity contribution < 1.29 is 5.11 Å². The summed E-state index contributed by atoms with van der Waals surface area (Å²) in [7, 11) is 1.94. The largest absolute Gasteiger partial charge is 0.393 e. The van der Waals surface area contributed by atoms with Crippen LogP contribution in [0, 0.1) is 5.92 Å². The molecule has 2 N–H and O–H groups in total. The molecule has 0 unspecified atom stereocenters. The van der Waals surface area contributed by atoms with Crippen molar-refractivity contribution in [3.8, 4) is 0 Å². The van der Waals surface area contributed by atoms with E-state index in [-0.39, 0.29) is 6.10 Å². The van der Waals surface area contributed by atoms with Crippen molar-refractivity contribution >= 4 is 0 Å². The Morgan fingerprint density at radius 3 is 2.78 bits per heavy atom. The molecule has 0 heterocycles. The molecule has 0 aromatic carbocycles. The van der Waals surface area contributed by atoms with E-state index in [1.165, 1.54) is 12.8 Å². The van der Waals surface area contributed by atoms with Gasteiger partial charge in [0.05, 0.1) is 6.10 Å². The Morgan fingerprint density at radius 2 is 2.33 bits per heavy atom.